The summed E-state index contributed by atoms with van der Waals surface area (Å²) < 4.78 is 8.53. The third-order valence-electron chi connectivity index (χ3n) is 2.55. The van der Waals surface area contributed by atoms with Crippen molar-refractivity contribution in [3.63, 3.8) is 0 Å². The summed E-state index contributed by atoms with van der Waals surface area (Å²) in [6.07, 6.45) is 1.52. The van der Waals surface area contributed by atoms with Gasteiger partial charge in [0.1, 0.15) is 18.7 Å². The van der Waals surface area contributed by atoms with Gasteiger partial charge in [0.2, 0.25) is 0 Å². The minimum absolute atomic E-state index is 0.412. The maximum Gasteiger partial charge on any atom is 0.164 e. The van der Waals surface area contributed by atoms with E-state index in [1.165, 1.54) is 6.33 Å². The largest absolute Gasteiger partial charge is 0.485 e. The average Bonchev–Trinajstić information content (AvgIpc) is 2.74. The van der Waals surface area contributed by atoms with Crippen molar-refractivity contribution in [1.29, 1.82) is 0 Å². The van der Waals surface area contributed by atoms with Crippen LogP contribution in [0.3, 0.4) is 0 Å². The van der Waals surface area contributed by atoms with Crippen LogP contribution < -0.4 is 10.1 Å². The van der Waals surface area contributed by atoms with Gasteiger partial charge >= 0.3 is 0 Å². The smallest absolute Gasteiger partial charge is 0.164 e. The summed E-state index contributed by atoms with van der Waals surface area (Å²) in [7, 11) is 3.76. The summed E-state index contributed by atoms with van der Waals surface area (Å²) in [6, 6.07) is 5.96. The third-order valence-corrected chi connectivity index (χ3v) is 3.04. The van der Waals surface area contributed by atoms with Crippen LogP contribution in [0.4, 0.5) is 0 Å². The first-order valence-electron chi connectivity index (χ1n) is 5.59. The summed E-state index contributed by atoms with van der Waals surface area (Å²) in [5.41, 5.74) is 1.11. The van der Waals surface area contributed by atoms with E-state index >= 15 is 0 Å². The number of nitrogens with zero attached hydrogens (tertiary/aromatic N) is 3. The molecule has 0 amide bonds. The zero-order valence-corrected chi connectivity index (χ0v) is 11.9. The lowest BCUT2D eigenvalue weighted by atomic mass is 10.2. The maximum atomic E-state index is 5.79. The number of ether oxygens (including phenoxy) is 1. The fourth-order valence-corrected chi connectivity index (χ4v) is 2.02. The number of nitrogens with one attached hydrogen (secondary N) is 1. The van der Waals surface area contributed by atoms with Crippen LogP contribution in [0.15, 0.2) is 29.0 Å². The van der Waals surface area contributed by atoms with E-state index in [0.717, 1.165) is 28.2 Å². The molecular weight excluding hydrogens is 296 g/mol. The molecule has 0 aliphatic carbocycles. The topological polar surface area (TPSA) is 52.0 Å². The Morgan fingerprint density at radius 1 is 1.44 bits per heavy atom. The minimum atomic E-state index is 0.412. The normalized spacial score (nSPS) is 10.6. The SMILES string of the molecule is CNCc1cc(Br)ccc1OCc1ncnn1C. The predicted molar refractivity (Wildman–Crippen MR) is 72.2 cm³/mol. The Bertz CT molecular complexity index is 527. The van der Waals surface area contributed by atoms with Crippen LogP contribution in [0.25, 0.3) is 0 Å². The zero-order valence-electron chi connectivity index (χ0n) is 10.4. The van der Waals surface area contributed by atoms with Crippen LogP contribution in [0, 0.1) is 0 Å². The first-order valence-corrected chi connectivity index (χ1v) is 6.38. The Morgan fingerprint density at radius 3 is 2.94 bits per heavy atom. The summed E-state index contributed by atoms with van der Waals surface area (Å²) in [5, 5.41) is 7.13. The highest BCUT2D eigenvalue weighted by Crippen LogP contribution is 2.23. The van der Waals surface area contributed by atoms with Gasteiger partial charge in [-0.2, -0.15) is 5.10 Å². The number of benzene rings is 1. The fourth-order valence-electron chi connectivity index (χ4n) is 1.61. The number of hydrogen-bond acceptors (Lipinski definition) is 4. The molecule has 0 unspecified atom stereocenters. The van der Waals surface area contributed by atoms with Gasteiger partial charge in [-0.15, -0.1) is 0 Å². The second kappa shape index (κ2) is 5.97. The van der Waals surface area contributed by atoms with Crippen molar-refractivity contribution in [3.8, 4) is 5.75 Å². The molecule has 0 saturated carbocycles. The first kappa shape index (κ1) is 13.0. The Kier molecular flexibility index (Phi) is 4.33. The van der Waals surface area contributed by atoms with Gasteiger partial charge in [0.25, 0.3) is 0 Å². The molecule has 1 aromatic carbocycles. The van der Waals surface area contributed by atoms with Gasteiger partial charge in [0.15, 0.2) is 5.82 Å². The summed E-state index contributed by atoms with van der Waals surface area (Å²) >= 11 is 3.46. The van der Waals surface area contributed by atoms with Crippen LogP contribution in [0.5, 0.6) is 5.75 Å². The highest BCUT2D eigenvalue weighted by molar-refractivity contribution is 9.10. The molecule has 5 nitrogen and oxygen atoms in total. The summed E-state index contributed by atoms with van der Waals surface area (Å²) in [4.78, 5) is 4.13. The van der Waals surface area contributed by atoms with E-state index in [2.05, 4.69) is 31.3 Å². The quantitative estimate of drug-likeness (QED) is 0.916. The van der Waals surface area contributed by atoms with Crippen molar-refractivity contribution >= 4 is 15.9 Å². The van der Waals surface area contributed by atoms with Crippen LogP contribution in [0.2, 0.25) is 0 Å². The second-order valence-electron chi connectivity index (χ2n) is 3.87. The van der Waals surface area contributed by atoms with Crippen molar-refractivity contribution in [3.05, 3.63) is 40.4 Å². The van der Waals surface area contributed by atoms with Crippen molar-refractivity contribution in [2.24, 2.45) is 7.05 Å². The molecule has 1 aromatic heterocycles. The number of aryl methyl sites for hydroxylation is 1. The predicted octanol–water partition coefficient (Wildman–Crippen LogP) is 1.88. The lowest BCUT2D eigenvalue weighted by molar-refractivity contribution is 0.286. The van der Waals surface area contributed by atoms with Crippen LogP contribution in [0.1, 0.15) is 11.4 Å². The molecule has 2 rings (SSSR count). The standard InChI is InChI=1S/C12H15BrN4O/c1-14-6-9-5-10(13)3-4-11(9)18-7-12-15-8-16-17(12)2/h3-5,8,14H,6-7H2,1-2H3. The van der Waals surface area contributed by atoms with E-state index in [9.17, 15) is 0 Å². The van der Waals surface area contributed by atoms with Crippen molar-refractivity contribution in [2.45, 2.75) is 13.2 Å². The summed E-state index contributed by atoms with van der Waals surface area (Å²) in [5.74, 6) is 1.66. The molecule has 0 spiro atoms. The number of halogens is 1. The second-order valence-corrected chi connectivity index (χ2v) is 4.79. The fraction of sp³-hybridized carbons (Fsp3) is 0.333. The number of hydrogen-bond donors (Lipinski definition) is 1. The molecule has 1 N–H and O–H groups in total. The van der Waals surface area contributed by atoms with Gasteiger partial charge in [-0.3, -0.25) is 4.68 Å². The highest BCUT2D eigenvalue weighted by atomic mass is 79.9. The van der Waals surface area contributed by atoms with Crippen molar-refractivity contribution < 1.29 is 4.74 Å². The van der Waals surface area contributed by atoms with Crippen molar-refractivity contribution in [1.82, 2.24) is 20.1 Å². The summed E-state index contributed by atoms with van der Waals surface area (Å²) in [6.45, 7) is 1.17. The molecule has 0 aliphatic heterocycles. The molecule has 1 heterocycles. The minimum Gasteiger partial charge on any atom is -0.485 e. The van der Waals surface area contributed by atoms with E-state index in [1.54, 1.807) is 4.68 Å². The van der Waals surface area contributed by atoms with E-state index in [4.69, 9.17) is 4.74 Å². The van der Waals surface area contributed by atoms with Crippen LogP contribution in [-0.4, -0.2) is 21.8 Å². The maximum absolute atomic E-state index is 5.79. The monoisotopic (exact) mass is 310 g/mol. The third kappa shape index (κ3) is 3.08. The number of aromatic nitrogens is 3. The Balaban J connectivity index is 2.11. The van der Waals surface area contributed by atoms with Gasteiger partial charge in [0.05, 0.1) is 0 Å². The molecule has 18 heavy (non-hydrogen) atoms. The highest BCUT2D eigenvalue weighted by Gasteiger charge is 2.06. The van der Waals surface area contributed by atoms with Crippen LogP contribution >= 0.6 is 15.9 Å². The van der Waals surface area contributed by atoms with E-state index in [1.807, 2.05) is 32.3 Å². The van der Waals surface area contributed by atoms with E-state index in [-0.39, 0.29) is 0 Å². The number of rotatable bonds is 5. The first-order chi connectivity index (χ1) is 8.70. The lowest BCUT2D eigenvalue weighted by Crippen LogP contribution is -2.09. The molecule has 0 radical (unpaired) electrons. The van der Waals surface area contributed by atoms with Crippen molar-refractivity contribution in [2.75, 3.05) is 7.05 Å². The molecule has 0 saturated heterocycles. The van der Waals surface area contributed by atoms with Crippen LogP contribution in [-0.2, 0) is 20.2 Å². The molecule has 0 fully saturated rings. The Morgan fingerprint density at radius 2 is 2.28 bits per heavy atom. The molecule has 0 bridgehead atoms. The van der Waals surface area contributed by atoms with Gasteiger partial charge in [-0.1, -0.05) is 15.9 Å². The zero-order chi connectivity index (χ0) is 13.0. The van der Waals surface area contributed by atoms with E-state index in [0.29, 0.717) is 6.61 Å². The average molecular weight is 311 g/mol. The Labute approximate surface area is 114 Å². The van der Waals surface area contributed by atoms with E-state index < -0.39 is 0 Å². The molecule has 6 heteroatoms. The molecular formula is C12H15BrN4O. The molecule has 2 aromatic rings. The van der Waals surface area contributed by atoms with Gasteiger partial charge in [0, 0.05) is 23.6 Å². The molecule has 0 aliphatic rings. The lowest BCUT2D eigenvalue weighted by Gasteiger charge is -2.11. The molecule has 96 valence electrons. The molecule has 0 atom stereocenters. The van der Waals surface area contributed by atoms with Gasteiger partial charge < -0.3 is 10.1 Å². The Hall–Kier alpha value is -1.40. The van der Waals surface area contributed by atoms with Gasteiger partial charge in [-0.25, -0.2) is 4.98 Å². The van der Waals surface area contributed by atoms with Gasteiger partial charge in [-0.05, 0) is 25.2 Å².